The molecule has 1 aliphatic heterocycles. The van der Waals surface area contributed by atoms with E-state index in [1.807, 2.05) is 0 Å². The van der Waals surface area contributed by atoms with Crippen LogP contribution in [0.3, 0.4) is 0 Å². The lowest BCUT2D eigenvalue weighted by Gasteiger charge is -2.33. The van der Waals surface area contributed by atoms with Crippen LogP contribution in [0.1, 0.15) is 58.3 Å². The van der Waals surface area contributed by atoms with Crippen molar-refractivity contribution < 1.29 is 9.90 Å². The van der Waals surface area contributed by atoms with Crippen LogP contribution in [0.5, 0.6) is 0 Å². The van der Waals surface area contributed by atoms with Crippen molar-refractivity contribution in [3.05, 3.63) is 0 Å². The number of hydrogen-bond acceptors (Lipinski definition) is 2. The topological polar surface area (TPSA) is 40.5 Å². The van der Waals surface area contributed by atoms with Gasteiger partial charge in [-0.15, -0.1) is 0 Å². The van der Waals surface area contributed by atoms with Crippen molar-refractivity contribution in [1.82, 2.24) is 4.90 Å². The first-order valence-corrected chi connectivity index (χ1v) is 7.16. The Labute approximate surface area is 104 Å². The van der Waals surface area contributed by atoms with Gasteiger partial charge in [0.05, 0.1) is 0 Å². The Morgan fingerprint density at radius 2 is 2.06 bits per heavy atom. The van der Waals surface area contributed by atoms with Gasteiger partial charge >= 0.3 is 5.97 Å². The summed E-state index contributed by atoms with van der Waals surface area (Å²) in [4.78, 5) is 13.1. The molecule has 0 aromatic carbocycles. The molecule has 17 heavy (non-hydrogen) atoms. The molecule has 2 rings (SSSR count). The molecule has 0 radical (unpaired) electrons. The summed E-state index contributed by atoms with van der Waals surface area (Å²) in [7, 11) is 0. The second-order valence-electron chi connectivity index (χ2n) is 5.79. The number of hydrogen-bond donors (Lipinski definition) is 1. The Morgan fingerprint density at radius 3 is 2.82 bits per heavy atom. The number of carboxylic acid groups (broad SMARTS) is 1. The van der Waals surface area contributed by atoms with Gasteiger partial charge in [0.2, 0.25) is 0 Å². The fourth-order valence-corrected chi connectivity index (χ4v) is 3.76. The van der Waals surface area contributed by atoms with Gasteiger partial charge in [-0.3, -0.25) is 9.69 Å². The maximum Gasteiger partial charge on any atom is 0.303 e. The predicted molar refractivity (Wildman–Crippen MR) is 68.0 cm³/mol. The van der Waals surface area contributed by atoms with E-state index in [2.05, 4.69) is 11.8 Å². The van der Waals surface area contributed by atoms with E-state index in [-0.39, 0.29) is 0 Å². The third kappa shape index (κ3) is 3.21. The highest BCUT2D eigenvalue weighted by molar-refractivity contribution is 5.66. The van der Waals surface area contributed by atoms with Gasteiger partial charge in [-0.05, 0) is 51.5 Å². The van der Waals surface area contributed by atoms with Crippen LogP contribution >= 0.6 is 0 Å². The van der Waals surface area contributed by atoms with Crippen molar-refractivity contribution in [3.8, 4) is 0 Å². The molecule has 0 spiro atoms. The number of aliphatic carboxylic acids is 1. The maximum atomic E-state index is 10.5. The molecular formula is C14H25NO2. The average Bonchev–Trinajstić information content (AvgIpc) is 2.60. The average molecular weight is 239 g/mol. The number of carboxylic acids is 1. The van der Waals surface area contributed by atoms with Crippen LogP contribution in [0.15, 0.2) is 0 Å². The van der Waals surface area contributed by atoms with Crippen LogP contribution in [0.2, 0.25) is 0 Å². The summed E-state index contributed by atoms with van der Waals surface area (Å²) < 4.78 is 0. The minimum Gasteiger partial charge on any atom is -0.481 e. The molecule has 3 nitrogen and oxygen atoms in total. The first-order chi connectivity index (χ1) is 8.18. The Balaban J connectivity index is 1.76. The summed E-state index contributed by atoms with van der Waals surface area (Å²) in [6.07, 6.45) is 9.16. The van der Waals surface area contributed by atoms with Gasteiger partial charge in [0, 0.05) is 18.5 Å². The SMILES string of the molecule is CC1CC2CCCCC2N1CCCCC(=O)O. The highest BCUT2D eigenvalue weighted by Gasteiger charge is 2.39. The standard InChI is InChI=1S/C14H25NO2/c1-11-10-12-6-2-3-7-13(12)15(11)9-5-4-8-14(16)17/h11-13H,2-10H2,1H3,(H,16,17). The van der Waals surface area contributed by atoms with Crippen LogP contribution in [0, 0.1) is 5.92 Å². The van der Waals surface area contributed by atoms with E-state index in [0.29, 0.717) is 12.5 Å². The van der Waals surface area contributed by atoms with Crippen LogP contribution in [-0.2, 0) is 4.79 Å². The molecule has 2 aliphatic rings. The number of nitrogens with zero attached hydrogens (tertiary/aromatic N) is 1. The second-order valence-corrected chi connectivity index (χ2v) is 5.79. The molecule has 0 bridgehead atoms. The number of unbranched alkanes of at least 4 members (excludes halogenated alkanes) is 1. The second kappa shape index (κ2) is 5.85. The molecule has 1 heterocycles. The van der Waals surface area contributed by atoms with Gasteiger partial charge in [-0.2, -0.15) is 0 Å². The van der Waals surface area contributed by atoms with Crippen LogP contribution < -0.4 is 0 Å². The minimum absolute atomic E-state index is 0.330. The molecule has 1 saturated carbocycles. The number of carbonyl (C=O) groups is 1. The molecule has 0 aromatic heterocycles. The summed E-state index contributed by atoms with van der Waals surface area (Å²) in [5.74, 6) is 0.272. The van der Waals surface area contributed by atoms with E-state index in [0.717, 1.165) is 31.3 Å². The molecule has 0 aromatic rings. The Hall–Kier alpha value is -0.570. The van der Waals surface area contributed by atoms with Crippen molar-refractivity contribution in [2.45, 2.75) is 70.4 Å². The van der Waals surface area contributed by atoms with Crippen molar-refractivity contribution in [2.24, 2.45) is 5.92 Å². The first-order valence-electron chi connectivity index (χ1n) is 7.16. The van der Waals surface area contributed by atoms with Gasteiger partial charge in [0.25, 0.3) is 0 Å². The van der Waals surface area contributed by atoms with Crippen LogP contribution in [-0.4, -0.2) is 34.6 Å². The lowest BCUT2D eigenvalue weighted by Crippen LogP contribution is -2.38. The Kier molecular flexibility index (Phi) is 4.43. The summed E-state index contributed by atoms with van der Waals surface area (Å²) in [5, 5.41) is 8.63. The van der Waals surface area contributed by atoms with Crippen molar-refractivity contribution in [1.29, 1.82) is 0 Å². The minimum atomic E-state index is -0.657. The zero-order valence-corrected chi connectivity index (χ0v) is 10.9. The zero-order chi connectivity index (χ0) is 12.3. The Morgan fingerprint density at radius 1 is 1.29 bits per heavy atom. The zero-order valence-electron chi connectivity index (χ0n) is 10.9. The number of likely N-dealkylation sites (tertiary alicyclic amines) is 1. The normalized spacial score (nSPS) is 33.6. The van der Waals surface area contributed by atoms with Crippen LogP contribution in [0.4, 0.5) is 0 Å². The van der Waals surface area contributed by atoms with Crippen molar-refractivity contribution in [3.63, 3.8) is 0 Å². The lowest BCUT2D eigenvalue weighted by atomic mass is 9.85. The van der Waals surface area contributed by atoms with Gasteiger partial charge in [0.1, 0.15) is 0 Å². The molecular weight excluding hydrogens is 214 g/mol. The van der Waals surface area contributed by atoms with E-state index >= 15 is 0 Å². The number of rotatable bonds is 5. The molecule has 1 aliphatic carbocycles. The molecule has 3 unspecified atom stereocenters. The van der Waals surface area contributed by atoms with Crippen molar-refractivity contribution >= 4 is 5.97 Å². The molecule has 1 N–H and O–H groups in total. The third-order valence-corrected chi connectivity index (χ3v) is 4.56. The molecule has 98 valence electrons. The van der Waals surface area contributed by atoms with E-state index < -0.39 is 5.97 Å². The molecule has 3 atom stereocenters. The summed E-state index contributed by atoms with van der Waals surface area (Å²) in [6, 6.07) is 1.52. The summed E-state index contributed by atoms with van der Waals surface area (Å²) in [6.45, 7) is 3.45. The molecule has 2 fully saturated rings. The Bertz CT molecular complexity index is 267. The summed E-state index contributed by atoms with van der Waals surface area (Å²) in [5.41, 5.74) is 0. The maximum absolute atomic E-state index is 10.5. The number of fused-ring (bicyclic) bond motifs is 1. The quantitative estimate of drug-likeness (QED) is 0.750. The van der Waals surface area contributed by atoms with E-state index in [4.69, 9.17) is 5.11 Å². The van der Waals surface area contributed by atoms with Gasteiger partial charge in [-0.1, -0.05) is 12.8 Å². The van der Waals surface area contributed by atoms with Gasteiger partial charge < -0.3 is 5.11 Å². The van der Waals surface area contributed by atoms with Gasteiger partial charge in [-0.25, -0.2) is 0 Å². The van der Waals surface area contributed by atoms with E-state index in [1.165, 1.54) is 32.1 Å². The predicted octanol–water partition coefficient (Wildman–Crippen LogP) is 2.89. The highest BCUT2D eigenvalue weighted by atomic mass is 16.4. The van der Waals surface area contributed by atoms with E-state index in [1.54, 1.807) is 0 Å². The van der Waals surface area contributed by atoms with Crippen molar-refractivity contribution in [2.75, 3.05) is 6.54 Å². The van der Waals surface area contributed by atoms with E-state index in [9.17, 15) is 4.79 Å². The highest BCUT2D eigenvalue weighted by Crippen LogP contribution is 2.39. The van der Waals surface area contributed by atoms with Gasteiger partial charge in [0.15, 0.2) is 0 Å². The monoisotopic (exact) mass is 239 g/mol. The fourth-order valence-electron chi connectivity index (χ4n) is 3.76. The summed E-state index contributed by atoms with van der Waals surface area (Å²) >= 11 is 0. The molecule has 3 heteroatoms. The first kappa shape index (κ1) is 12.9. The third-order valence-electron chi connectivity index (χ3n) is 4.56. The fraction of sp³-hybridized carbons (Fsp3) is 0.929. The largest absolute Gasteiger partial charge is 0.481 e. The smallest absolute Gasteiger partial charge is 0.303 e. The molecule has 1 saturated heterocycles. The lowest BCUT2D eigenvalue weighted by molar-refractivity contribution is -0.137. The molecule has 0 amide bonds. The van der Waals surface area contributed by atoms with Crippen LogP contribution in [0.25, 0.3) is 0 Å².